The van der Waals surface area contributed by atoms with Gasteiger partial charge in [-0.15, -0.1) is 0 Å². The topological polar surface area (TPSA) is 59.7 Å². The van der Waals surface area contributed by atoms with Gasteiger partial charge in [-0.25, -0.2) is 0 Å². The standard InChI is InChI=1S/C14H10O4/c15-8-10-6-5-9(17-10)7-13-14(16)11-3-1-2-4-12(11)18-13/h1-7,15H,8H2/b13-7-. The second-order valence-electron chi connectivity index (χ2n) is 3.90. The third kappa shape index (κ3) is 1.72. The van der Waals surface area contributed by atoms with Gasteiger partial charge >= 0.3 is 0 Å². The molecule has 0 spiro atoms. The molecule has 4 nitrogen and oxygen atoms in total. The summed E-state index contributed by atoms with van der Waals surface area (Å²) >= 11 is 0. The molecule has 1 N–H and O–H groups in total. The first kappa shape index (κ1) is 10.8. The zero-order valence-electron chi connectivity index (χ0n) is 9.42. The Morgan fingerprint density at radius 1 is 1.17 bits per heavy atom. The van der Waals surface area contributed by atoms with E-state index in [1.165, 1.54) is 6.08 Å². The maximum absolute atomic E-state index is 12.0. The molecule has 0 fully saturated rings. The Hall–Kier alpha value is -2.33. The van der Waals surface area contributed by atoms with Crippen molar-refractivity contribution in [2.45, 2.75) is 6.61 Å². The number of hydrogen-bond donors (Lipinski definition) is 1. The average molecular weight is 242 g/mol. The molecule has 3 rings (SSSR count). The summed E-state index contributed by atoms with van der Waals surface area (Å²) < 4.78 is 10.7. The number of ketones is 1. The zero-order valence-corrected chi connectivity index (χ0v) is 9.42. The van der Waals surface area contributed by atoms with Crippen LogP contribution in [0.25, 0.3) is 6.08 Å². The minimum atomic E-state index is -0.168. The smallest absolute Gasteiger partial charge is 0.232 e. The number of carbonyl (C=O) groups excluding carboxylic acids is 1. The van der Waals surface area contributed by atoms with Gasteiger partial charge < -0.3 is 14.3 Å². The van der Waals surface area contributed by atoms with Crippen molar-refractivity contribution >= 4 is 11.9 Å². The van der Waals surface area contributed by atoms with Crippen LogP contribution in [0, 0.1) is 0 Å². The number of aliphatic hydroxyl groups is 1. The molecule has 2 aromatic rings. The minimum absolute atomic E-state index is 0.160. The summed E-state index contributed by atoms with van der Waals surface area (Å²) in [6.07, 6.45) is 1.53. The molecule has 18 heavy (non-hydrogen) atoms. The monoisotopic (exact) mass is 242 g/mol. The van der Waals surface area contributed by atoms with E-state index in [0.29, 0.717) is 22.8 Å². The van der Waals surface area contributed by atoms with Crippen LogP contribution in [0.4, 0.5) is 0 Å². The summed E-state index contributed by atoms with van der Waals surface area (Å²) in [4.78, 5) is 12.0. The van der Waals surface area contributed by atoms with Gasteiger partial charge in [0.15, 0.2) is 5.76 Å². The first-order valence-corrected chi connectivity index (χ1v) is 5.51. The molecule has 0 unspecified atom stereocenters. The van der Waals surface area contributed by atoms with E-state index in [4.69, 9.17) is 14.3 Å². The fraction of sp³-hybridized carbons (Fsp3) is 0.0714. The molecule has 0 saturated carbocycles. The number of aliphatic hydroxyl groups excluding tert-OH is 1. The number of benzene rings is 1. The van der Waals surface area contributed by atoms with Gasteiger partial charge in [0.05, 0.1) is 5.56 Å². The summed E-state index contributed by atoms with van der Waals surface area (Å²) in [7, 11) is 0. The quantitative estimate of drug-likeness (QED) is 0.821. The summed E-state index contributed by atoms with van der Waals surface area (Å²) in [5.74, 6) is 1.56. The van der Waals surface area contributed by atoms with Gasteiger partial charge in [0.25, 0.3) is 0 Å². The van der Waals surface area contributed by atoms with E-state index in [1.54, 1.807) is 30.3 Å². The molecule has 1 aromatic heterocycles. The Morgan fingerprint density at radius 3 is 2.72 bits per heavy atom. The molecule has 2 heterocycles. The van der Waals surface area contributed by atoms with Gasteiger partial charge in [0.1, 0.15) is 23.9 Å². The van der Waals surface area contributed by atoms with E-state index >= 15 is 0 Å². The number of hydrogen-bond acceptors (Lipinski definition) is 4. The molecule has 0 saturated heterocycles. The van der Waals surface area contributed by atoms with E-state index in [2.05, 4.69) is 0 Å². The van der Waals surface area contributed by atoms with Crippen LogP contribution in [0.15, 0.2) is 46.6 Å². The normalized spacial score (nSPS) is 15.8. The van der Waals surface area contributed by atoms with Gasteiger partial charge in [-0.05, 0) is 24.3 Å². The minimum Gasteiger partial charge on any atom is -0.459 e. The number of para-hydroxylation sites is 1. The van der Waals surface area contributed by atoms with E-state index in [1.807, 2.05) is 6.07 Å². The highest BCUT2D eigenvalue weighted by molar-refractivity contribution is 6.14. The third-order valence-electron chi connectivity index (χ3n) is 2.69. The lowest BCUT2D eigenvalue weighted by atomic mass is 10.1. The van der Waals surface area contributed by atoms with Crippen LogP contribution in [0.3, 0.4) is 0 Å². The Kier molecular flexibility index (Phi) is 2.50. The highest BCUT2D eigenvalue weighted by Gasteiger charge is 2.26. The number of furan rings is 1. The van der Waals surface area contributed by atoms with Crippen LogP contribution in [0.1, 0.15) is 21.9 Å². The molecule has 0 atom stereocenters. The number of allylic oxidation sites excluding steroid dienone is 1. The SMILES string of the molecule is O=C1/C(=C/c2ccc(CO)o2)Oc2ccccc21. The van der Waals surface area contributed by atoms with Crippen molar-refractivity contribution < 1.29 is 19.1 Å². The number of fused-ring (bicyclic) bond motifs is 1. The molecule has 90 valence electrons. The molecule has 0 aliphatic carbocycles. The predicted molar refractivity (Wildman–Crippen MR) is 64.0 cm³/mol. The molecule has 0 radical (unpaired) electrons. The Bertz CT molecular complexity index is 637. The van der Waals surface area contributed by atoms with Gasteiger partial charge in [0.2, 0.25) is 5.78 Å². The maximum Gasteiger partial charge on any atom is 0.232 e. The van der Waals surface area contributed by atoms with Crippen molar-refractivity contribution in [2.75, 3.05) is 0 Å². The van der Waals surface area contributed by atoms with Gasteiger partial charge in [-0.2, -0.15) is 0 Å². The molecule has 1 aliphatic rings. The number of rotatable bonds is 2. The first-order chi connectivity index (χ1) is 8.78. The van der Waals surface area contributed by atoms with Gasteiger partial charge in [-0.1, -0.05) is 12.1 Å². The van der Waals surface area contributed by atoms with E-state index < -0.39 is 0 Å². The van der Waals surface area contributed by atoms with Crippen molar-refractivity contribution in [1.82, 2.24) is 0 Å². The van der Waals surface area contributed by atoms with E-state index in [9.17, 15) is 4.79 Å². The van der Waals surface area contributed by atoms with Crippen LogP contribution in [0.5, 0.6) is 5.75 Å². The molecule has 0 amide bonds. The fourth-order valence-corrected chi connectivity index (χ4v) is 1.82. The van der Waals surface area contributed by atoms with Crippen molar-refractivity contribution in [3.8, 4) is 5.75 Å². The van der Waals surface area contributed by atoms with E-state index in [0.717, 1.165) is 0 Å². The summed E-state index contributed by atoms with van der Waals surface area (Å²) in [6.45, 7) is -0.168. The lowest BCUT2D eigenvalue weighted by Crippen LogP contribution is -1.97. The molecule has 1 aliphatic heterocycles. The summed E-state index contributed by atoms with van der Waals surface area (Å²) in [6, 6.07) is 10.4. The highest BCUT2D eigenvalue weighted by Crippen LogP contribution is 2.31. The van der Waals surface area contributed by atoms with Crippen molar-refractivity contribution in [3.63, 3.8) is 0 Å². The lowest BCUT2D eigenvalue weighted by Gasteiger charge is -1.95. The van der Waals surface area contributed by atoms with Gasteiger partial charge in [-0.3, -0.25) is 4.79 Å². The van der Waals surface area contributed by atoms with Crippen LogP contribution in [-0.4, -0.2) is 10.9 Å². The Labute approximate surface area is 103 Å². The fourth-order valence-electron chi connectivity index (χ4n) is 1.82. The second kappa shape index (κ2) is 4.16. The molecule has 0 bridgehead atoms. The number of Topliss-reactive ketones (excluding diaryl/α,β-unsaturated/α-hetero) is 1. The van der Waals surface area contributed by atoms with Crippen LogP contribution < -0.4 is 4.74 Å². The zero-order chi connectivity index (χ0) is 12.5. The Morgan fingerprint density at radius 2 is 2.00 bits per heavy atom. The molecule has 4 heteroatoms. The average Bonchev–Trinajstić information content (AvgIpc) is 2.97. The second-order valence-corrected chi connectivity index (χ2v) is 3.90. The molecular weight excluding hydrogens is 232 g/mol. The van der Waals surface area contributed by atoms with Crippen molar-refractivity contribution in [3.05, 3.63) is 59.2 Å². The third-order valence-corrected chi connectivity index (χ3v) is 2.69. The van der Waals surface area contributed by atoms with Gasteiger partial charge in [0, 0.05) is 6.08 Å². The predicted octanol–water partition coefficient (Wildman–Crippen LogP) is 2.39. The Balaban J connectivity index is 1.94. The van der Waals surface area contributed by atoms with Crippen molar-refractivity contribution in [2.24, 2.45) is 0 Å². The molecular formula is C14H10O4. The maximum atomic E-state index is 12.0. The van der Waals surface area contributed by atoms with Crippen LogP contribution >= 0.6 is 0 Å². The van der Waals surface area contributed by atoms with E-state index in [-0.39, 0.29) is 18.1 Å². The van der Waals surface area contributed by atoms with Crippen molar-refractivity contribution in [1.29, 1.82) is 0 Å². The first-order valence-electron chi connectivity index (χ1n) is 5.51. The summed E-state index contributed by atoms with van der Waals surface area (Å²) in [5, 5.41) is 8.89. The lowest BCUT2D eigenvalue weighted by molar-refractivity contribution is 0.101. The summed E-state index contributed by atoms with van der Waals surface area (Å²) in [5.41, 5.74) is 0.553. The van der Waals surface area contributed by atoms with Crippen LogP contribution in [-0.2, 0) is 6.61 Å². The van der Waals surface area contributed by atoms with Crippen LogP contribution in [0.2, 0.25) is 0 Å². The number of ether oxygens (including phenoxy) is 1. The molecule has 1 aromatic carbocycles. The largest absolute Gasteiger partial charge is 0.459 e. The highest BCUT2D eigenvalue weighted by atomic mass is 16.5. The number of carbonyl (C=O) groups is 1.